The van der Waals surface area contributed by atoms with Crippen LogP contribution in [0.1, 0.15) is 19.8 Å². The fraction of sp³-hybridized carbons (Fsp3) is 0.467. The summed E-state index contributed by atoms with van der Waals surface area (Å²) in [5.41, 5.74) is 0.533. The summed E-state index contributed by atoms with van der Waals surface area (Å²) < 4.78 is 18.5. The Morgan fingerprint density at radius 2 is 2.36 bits per heavy atom. The van der Waals surface area contributed by atoms with E-state index in [2.05, 4.69) is 5.32 Å². The third kappa shape index (κ3) is 4.30. The number of benzene rings is 1. The van der Waals surface area contributed by atoms with Gasteiger partial charge in [-0.05, 0) is 50.2 Å². The van der Waals surface area contributed by atoms with Crippen LogP contribution in [0.25, 0.3) is 0 Å². The van der Waals surface area contributed by atoms with Gasteiger partial charge in [-0.25, -0.2) is 4.39 Å². The number of carbonyl (C=O) groups excluding carboxylic acids is 1. The van der Waals surface area contributed by atoms with Crippen molar-refractivity contribution >= 4 is 40.6 Å². The number of piperidine rings is 1. The number of ether oxygens (including phenoxy) is 1. The predicted octanol–water partition coefficient (Wildman–Crippen LogP) is 3.45. The lowest BCUT2D eigenvalue weighted by Crippen LogP contribution is -2.44. The molecule has 120 valence electrons. The zero-order valence-electron chi connectivity index (χ0n) is 12.3. The van der Waals surface area contributed by atoms with Crippen LogP contribution in [-0.2, 0) is 9.53 Å². The van der Waals surface area contributed by atoms with Crippen LogP contribution in [0, 0.1) is 11.7 Å². The average Bonchev–Trinajstić information content (AvgIpc) is 2.51. The van der Waals surface area contributed by atoms with Gasteiger partial charge in [-0.1, -0.05) is 11.6 Å². The third-order valence-electron chi connectivity index (χ3n) is 3.50. The second-order valence-electron chi connectivity index (χ2n) is 5.10. The van der Waals surface area contributed by atoms with Crippen LogP contribution in [0.4, 0.5) is 10.1 Å². The summed E-state index contributed by atoms with van der Waals surface area (Å²) >= 11 is 11.0. The number of nitrogens with zero attached hydrogens (tertiary/aromatic N) is 1. The molecule has 0 amide bonds. The number of hydrogen-bond acceptors (Lipinski definition) is 3. The lowest BCUT2D eigenvalue weighted by molar-refractivity contribution is -0.149. The van der Waals surface area contributed by atoms with Crippen molar-refractivity contribution in [3.63, 3.8) is 0 Å². The number of anilines is 1. The first kappa shape index (κ1) is 17.0. The molecule has 0 saturated carbocycles. The summed E-state index contributed by atoms with van der Waals surface area (Å²) in [6, 6.07) is 4.42. The van der Waals surface area contributed by atoms with Gasteiger partial charge in [-0.3, -0.25) is 4.79 Å². The number of rotatable bonds is 3. The Bertz CT molecular complexity index is 570. The fourth-order valence-electron chi connectivity index (χ4n) is 2.39. The first-order valence-corrected chi connectivity index (χ1v) is 7.97. The van der Waals surface area contributed by atoms with Crippen molar-refractivity contribution in [2.75, 3.05) is 25.0 Å². The maximum atomic E-state index is 13.4. The van der Waals surface area contributed by atoms with Crippen LogP contribution >= 0.6 is 23.8 Å². The van der Waals surface area contributed by atoms with E-state index >= 15 is 0 Å². The highest BCUT2D eigenvalue weighted by Gasteiger charge is 2.28. The molecule has 1 aliphatic rings. The highest BCUT2D eigenvalue weighted by Crippen LogP contribution is 2.21. The van der Waals surface area contributed by atoms with Gasteiger partial charge >= 0.3 is 5.97 Å². The summed E-state index contributed by atoms with van der Waals surface area (Å²) in [7, 11) is 0. The molecule has 1 atom stereocenters. The lowest BCUT2D eigenvalue weighted by atomic mass is 9.98. The molecule has 4 nitrogen and oxygen atoms in total. The van der Waals surface area contributed by atoms with Crippen molar-refractivity contribution in [2.24, 2.45) is 5.92 Å². The number of likely N-dealkylation sites (tertiary alicyclic amines) is 1. The Hall–Kier alpha value is -1.40. The Morgan fingerprint density at radius 1 is 1.59 bits per heavy atom. The summed E-state index contributed by atoms with van der Waals surface area (Å²) in [4.78, 5) is 13.7. The molecule has 1 N–H and O–H groups in total. The molecule has 0 spiro atoms. The molecule has 1 saturated heterocycles. The van der Waals surface area contributed by atoms with Crippen LogP contribution in [0.5, 0.6) is 0 Å². The molecule has 1 fully saturated rings. The van der Waals surface area contributed by atoms with Gasteiger partial charge in [0.1, 0.15) is 5.82 Å². The molecule has 22 heavy (non-hydrogen) atoms. The van der Waals surface area contributed by atoms with E-state index in [1.54, 1.807) is 13.0 Å². The minimum absolute atomic E-state index is 0.0665. The van der Waals surface area contributed by atoms with Crippen molar-refractivity contribution in [1.29, 1.82) is 0 Å². The quantitative estimate of drug-likeness (QED) is 0.672. The van der Waals surface area contributed by atoms with E-state index in [9.17, 15) is 9.18 Å². The number of carbonyl (C=O) groups is 1. The van der Waals surface area contributed by atoms with Crippen LogP contribution in [0.3, 0.4) is 0 Å². The van der Waals surface area contributed by atoms with E-state index in [1.807, 2.05) is 4.90 Å². The minimum atomic E-state index is -0.502. The predicted molar refractivity (Wildman–Crippen MR) is 88.6 cm³/mol. The molecule has 7 heteroatoms. The van der Waals surface area contributed by atoms with Gasteiger partial charge in [0.25, 0.3) is 0 Å². The molecular formula is C15H18ClFN2O2S. The molecule has 1 aliphatic heterocycles. The van der Waals surface area contributed by atoms with Gasteiger partial charge in [-0.2, -0.15) is 0 Å². The van der Waals surface area contributed by atoms with Crippen LogP contribution in [-0.4, -0.2) is 35.7 Å². The lowest BCUT2D eigenvalue weighted by Gasteiger charge is -2.33. The SMILES string of the molecule is CCOC(=O)C1CCCN(C(=S)Nc2ccc(Cl)c(F)c2)C1. The molecule has 1 heterocycles. The highest BCUT2D eigenvalue weighted by molar-refractivity contribution is 7.80. The van der Waals surface area contributed by atoms with E-state index in [0.717, 1.165) is 19.4 Å². The average molecular weight is 345 g/mol. The maximum absolute atomic E-state index is 13.4. The molecule has 0 radical (unpaired) electrons. The Morgan fingerprint density at radius 3 is 3.05 bits per heavy atom. The molecule has 0 aliphatic carbocycles. The molecular weight excluding hydrogens is 327 g/mol. The van der Waals surface area contributed by atoms with Crippen LogP contribution in [0.15, 0.2) is 18.2 Å². The molecule has 1 unspecified atom stereocenters. The normalized spacial score (nSPS) is 18.0. The van der Waals surface area contributed by atoms with Crippen LogP contribution in [0.2, 0.25) is 5.02 Å². The van der Waals surface area contributed by atoms with Crippen molar-refractivity contribution in [1.82, 2.24) is 4.90 Å². The molecule has 0 aromatic heterocycles. The topological polar surface area (TPSA) is 41.6 Å². The Labute approximate surface area is 139 Å². The van der Waals surface area contributed by atoms with E-state index in [0.29, 0.717) is 24.0 Å². The largest absolute Gasteiger partial charge is 0.466 e. The van der Waals surface area contributed by atoms with Gasteiger partial charge in [0.15, 0.2) is 5.11 Å². The van der Waals surface area contributed by atoms with E-state index in [1.165, 1.54) is 12.1 Å². The fourth-order valence-corrected chi connectivity index (χ4v) is 2.79. The second-order valence-corrected chi connectivity index (χ2v) is 5.89. The zero-order valence-corrected chi connectivity index (χ0v) is 13.8. The molecule has 0 bridgehead atoms. The number of halogens is 2. The van der Waals surface area contributed by atoms with Crippen molar-refractivity contribution in [2.45, 2.75) is 19.8 Å². The minimum Gasteiger partial charge on any atom is -0.466 e. The van der Waals surface area contributed by atoms with Crippen LogP contribution < -0.4 is 5.32 Å². The third-order valence-corrected chi connectivity index (χ3v) is 4.17. The van der Waals surface area contributed by atoms with E-state index < -0.39 is 5.82 Å². The van der Waals surface area contributed by atoms with E-state index in [4.69, 9.17) is 28.6 Å². The first-order valence-electron chi connectivity index (χ1n) is 7.19. The van der Waals surface area contributed by atoms with Gasteiger partial charge in [0, 0.05) is 18.8 Å². The molecule has 1 aromatic rings. The van der Waals surface area contributed by atoms with Crippen molar-refractivity contribution < 1.29 is 13.9 Å². The summed E-state index contributed by atoms with van der Waals surface area (Å²) in [5, 5.41) is 3.51. The smallest absolute Gasteiger partial charge is 0.310 e. The number of esters is 1. The highest BCUT2D eigenvalue weighted by atomic mass is 35.5. The maximum Gasteiger partial charge on any atom is 0.310 e. The zero-order chi connectivity index (χ0) is 16.1. The first-order chi connectivity index (χ1) is 10.5. The number of thiocarbonyl (C=S) groups is 1. The standard InChI is InChI=1S/C15H18ClFN2O2S/c1-2-21-14(20)10-4-3-7-19(9-10)15(22)18-11-5-6-12(16)13(17)8-11/h5-6,8,10H,2-4,7,9H2,1H3,(H,18,22). The second kappa shape index (κ2) is 7.74. The Balaban J connectivity index is 1.96. The van der Waals surface area contributed by atoms with Gasteiger partial charge in [0.2, 0.25) is 0 Å². The van der Waals surface area contributed by atoms with Gasteiger partial charge < -0.3 is 15.0 Å². The molecule has 1 aromatic carbocycles. The van der Waals surface area contributed by atoms with Crippen molar-refractivity contribution in [3.8, 4) is 0 Å². The van der Waals surface area contributed by atoms with E-state index in [-0.39, 0.29) is 16.9 Å². The molecule has 2 rings (SSSR count). The van der Waals surface area contributed by atoms with Gasteiger partial charge in [-0.15, -0.1) is 0 Å². The summed E-state index contributed by atoms with van der Waals surface area (Å²) in [5.74, 6) is -0.861. The monoisotopic (exact) mass is 344 g/mol. The number of hydrogen-bond donors (Lipinski definition) is 1. The Kier molecular flexibility index (Phi) is 5.97. The summed E-state index contributed by atoms with van der Waals surface area (Å²) in [6.07, 6.45) is 1.66. The summed E-state index contributed by atoms with van der Waals surface area (Å²) in [6.45, 7) is 3.44. The van der Waals surface area contributed by atoms with Crippen molar-refractivity contribution in [3.05, 3.63) is 29.0 Å². The van der Waals surface area contributed by atoms with Gasteiger partial charge in [0.05, 0.1) is 17.5 Å². The number of nitrogens with one attached hydrogen (secondary N) is 1.